The van der Waals surface area contributed by atoms with Crippen molar-refractivity contribution in [1.29, 1.82) is 0 Å². The molecule has 1 nitrogen and oxygen atoms in total. The molecule has 0 saturated heterocycles. The molecule has 1 aliphatic carbocycles. The van der Waals surface area contributed by atoms with Gasteiger partial charge >= 0.3 is 0 Å². The Morgan fingerprint density at radius 3 is 2.53 bits per heavy atom. The summed E-state index contributed by atoms with van der Waals surface area (Å²) >= 11 is 6.16. The Balaban J connectivity index is 2.13. The number of benzene rings is 2. The lowest BCUT2D eigenvalue weighted by atomic mass is 9.84. The Hall–Kier alpha value is -1.86. The van der Waals surface area contributed by atoms with Crippen LogP contribution in [0.4, 0.5) is 0 Å². The molecule has 2 heteroatoms. The van der Waals surface area contributed by atoms with Gasteiger partial charge in [-0.3, -0.25) is 4.98 Å². The van der Waals surface area contributed by atoms with E-state index in [1.54, 1.807) is 0 Å². The van der Waals surface area contributed by atoms with E-state index < -0.39 is 0 Å². The first-order valence-corrected chi connectivity index (χ1v) is 6.87. The first-order valence-electron chi connectivity index (χ1n) is 6.49. The Bertz CT molecular complexity index is 778. The maximum absolute atomic E-state index is 6.16. The molecular formula is C17H12ClN. The Morgan fingerprint density at radius 2 is 1.79 bits per heavy atom. The van der Waals surface area contributed by atoms with Crippen LogP contribution in [0.1, 0.15) is 11.3 Å². The smallest absolute Gasteiger partial charge is 0.0712 e. The second kappa shape index (κ2) is 4.07. The van der Waals surface area contributed by atoms with Gasteiger partial charge in [-0.2, -0.15) is 0 Å². The summed E-state index contributed by atoms with van der Waals surface area (Å²) < 4.78 is 0. The lowest BCUT2D eigenvalue weighted by molar-refractivity contribution is 0.802. The van der Waals surface area contributed by atoms with Gasteiger partial charge in [-0.1, -0.05) is 41.9 Å². The van der Waals surface area contributed by atoms with Crippen molar-refractivity contribution >= 4 is 22.5 Å². The molecule has 92 valence electrons. The minimum atomic E-state index is 0.769. The Labute approximate surface area is 116 Å². The summed E-state index contributed by atoms with van der Waals surface area (Å²) in [5, 5.41) is 1.93. The molecule has 0 spiro atoms. The molecule has 0 bridgehead atoms. The highest BCUT2D eigenvalue weighted by atomic mass is 35.5. The first-order chi connectivity index (χ1) is 9.33. The number of hydrogen-bond acceptors (Lipinski definition) is 1. The van der Waals surface area contributed by atoms with Crippen molar-refractivity contribution in [2.45, 2.75) is 12.8 Å². The summed E-state index contributed by atoms with van der Waals surface area (Å²) in [4.78, 5) is 4.73. The van der Waals surface area contributed by atoms with Gasteiger partial charge in [0.25, 0.3) is 0 Å². The van der Waals surface area contributed by atoms with E-state index in [2.05, 4.69) is 24.3 Å². The van der Waals surface area contributed by atoms with Gasteiger partial charge < -0.3 is 0 Å². The molecule has 19 heavy (non-hydrogen) atoms. The number of pyridine rings is 1. The van der Waals surface area contributed by atoms with E-state index >= 15 is 0 Å². The first kappa shape index (κ1) is 11.0. The maximum atomic E-state index is 6.16. The standard InChI is InChI=1S/C17H12ClN/c18-12-6-8-16-14(10-12)17(11-4-2-1-3-5-11)13-7-9-15(13)19-16/h1-6,8,10H,7,9H2. The van der Waals surface area contributed by atoms with Crippen LogP contribution in [0.15, 0.2) is 48.5 Å². The molecule has 0 amide bonds. The van der Waals surface area contributed by atoms with Crippen LogP contribution in [-0.2, 0) is 12.8 Å². The van der Waals surface area contributed by atoms with E-state index in [4.69, 9.17) is 16.6 Å². The Kier molecular flexibility index (Phi) is 2.36. The van der Waals surface area contributed by atoms with E-state index in [0.717, 1.165) is 28.8 Å². The number of fused-ring (bicyclic) bond motifs is 2. The molecule has 1 aromatic heterocycles. The van der Waals surface area contributed by atoms with Gasteiger partial charge in [-0.05, 0) is 47.7 Å². The largest absolute Gasteiger partial charge is 0.252 e. The van der Waals surface area contributed by atoms with Crippen LogP contribution >= 0.6 is 11.6 Å². The molecule has 0 saturated carbocycles. The number of aryl methyl sites for hydroxylation is 1. The van der Waals surface area contributed by atoms with Gasteiger partial charge in [-0.25, -0.2) is 0 Å². The number of aromatic nitrogens is 1. The van der Waals surface area contributed by atoms with Gasteiger partial charge in [0.1, 0.15) is 0 Å². The minimum Gasteiger partial charge on any atom is -0.252 e. The van der Waals surface area contributed by atoms with Crippen molar-refractivity contribution < 1.29 is 0 Å². The lowest BCUT2D eigenvalue weighted by Crippen LogP contribution is -2.13. The van der Waals surface area contributed by atoms with Gasteiger partial charge in [-0.15, -0.1) is 0 Å². The summed E-state index contributed by atoms with van der Waals surface area (Å²) in [7, 11) is 0. The normalized spacial score (nSPS) is 13.1. The topological polar surface area (TPSA) is 12.9 Å². The Morgan fingerprint density at radius 1 is 0.947 bits per heavy atom. The highest BCUT2D eigenvalue weighted by Crippen LogP contribution is 2.38. The summed E-state index contributed by atoms with van der Waals surface area (Å²) in [5.74, 6) is 0. The predicted molar refractivity (Wildman–Crippen MR) is 79.6 cm³/mol. The fraction of sp³-hybridized carbons (Fsp3) is 0.118. The van der Waals surface area contributed by atoms with Gasteiger partial charge in [0.05, 0.1) is 5.52 Å². The zero-order valence-electron chi connectivity index (χ0n) is 10.4. The maximum Gasteiger partial charge on any atom is 0.0712 e. The summed E-state index contributed by atoms with van der Waals surface area (Å²) in [5.41, 5.74) is 6.25. The molecule has 0 unspecified atom stereocenters. The second-order valence-electron chi connectivity index (χ2n) is 4.94. The minimum absolute atomic E-state index is 0.769. The number of rotatable bonds is 1. The third-order valence-corrected chi connectivity index (χ3v) is 4.04. The molecular weight excluding hydrogens is 254 g/mol. The molecule has 3 aromatic rings. The van der Waals surface area contributed by atoms with Gasteiger partial charge in [0.2, 0.25) is 0 Å². The second-order valence-corrected chi connectivity index (χ2v) is 5.38. The molecule has 0 atom stereocenters. The van der Waals surface area contributed by atoms with Gasteiger partial charge in [0, 0.05) is 16.1 Å². The third kappa shape index (κ3) is 1.66. The van der Waals surface area contributed by atoms with Crippen LogP contribution in [0.3, 0.4) is 0 Å². The van der Waals surface area contributed by atoms with Crippen LogP contribution in [-0.4, -0.2) is 4.98 Å². The summed E-state index contributed by atoms with van der Waals surface area (Å²) in [6, 6.07) is 16.5. The molecule has 4 rings (SSSR count). The lowest BCUT2D eigenvalue weighted by Gasteiger charge is -2.23. The van der Waals surface area contributed by atoms with E-state index in [1.807, 2.05) is 24.3 Å². The highest BCUT2D eigenvalue weighted by Gasteiger charge is 2.22. The summed E-state index contributed by atoms with van der Waals surface area (Å²) in [6.07, 6.45) is 2.21. The number of hydrogen-bond donors (Lipinski definition) is 0. The van der Waals surface area contributed by atoms with Crippen LogP contribution < -0.4 is 0 Å². The zero-order valence-corrected chi connectivity index (χ0v) is 11.1. The van der Waals surface area contributed by atoms with E-state index in [0.29, 0.717) is 0 Å². The quantitative estimate of drug-likeness (QED) is 0.624. The fourth-order valence-electron chi connectivity index (χ4n) is 2.80. The van der Waals surface area contributed by atoms with Crippen LogP contribution in [0.25, 0.3) is 22.0 Å². The molecule has 0 radical (unpaired) electrons. The monoisotopic (exact) mass is 265 g/mol. The van der Waals surface area contributed by atoms with Crippen molar-refractivity contribution in [3.63, 3.8) is 0 Å². The van der Waals surface area contributed by atoms with Crippen molar-refractivity contribution in [2.24, 2.45) is 0 Å². The van der Waals surface area contributed by atoms with E-state index in [9.17, 15) is 0 Å². The van der Waals surface area contributed by atoms with Crippen molar-refractivity contribution in [2.75, 3.05) is 0 Å². The summed E-state index contributed by atoms with van der Waals surface area (Å²) in [6.45, 7) is 0. The molecule has 0 N–H and O–H groups in total. The SMILES string of the molecule is Clc1ccc2nc3c(c(-c4ccccc4)c2c1)CC3. The van der Waals surface area contributed by atoms with Crippen molar-refractivity contribution in [3.8, 4) is 11.1 Å². The van der Waals surface area contributed by atoms with Crippen molar-refractivity contribution in [1.82, 2.24) is 4.98 Å². The molecule has 0 aliphatic heterocycles. The number of halogens is 1. The van der Waals surface area contributed by atoms with E-state index in [-0.39, 0.29) is 0 Å². The average Bonchev–Trinajstić information content (AvgIpc) is 2.42. The zero-order chi connectivity index (χ0) is 12.8. The highest BCUT2D eigenvalue weighted by molar-refractivity contribution is 6.31. The number of nitrogens with zero attached hydrogens (tertiary/aromatic N) is 1. The molecule has 1 heterocycles. The van der Waals surface area contributed by atoms with E-state index in [1.165, 1.54) is 22.4 Å². The van der Waals surface area contributed by atoms with Crippen LogP contribution in [0.2, 0.25) is 5.02 Å². The molecule has 2 aromatic carbocycles. The fourth-order valence-corrected chi connectivity index (χ4v) is 2.98. The average molecular weight is 266 g/mol. The van der Waals surface area contributed by atoms with Crippen molar-refractivity contribution in [3.05, 3.63) is 64.8 Å². The predicted octanol–water partition coefficient (Wildman–Crippen LogP) is 4.65. The van der Waals surface area contributed by atoms with Crippen LogP contribution in [0, 0.1) is 0 Å². The molecule has 0 fully saturated rings. The van der Waals surface area contributed by atoms with Crippen LogP contribution in [0.5, 0.6) is 0 Å². The third-order valence-electron chi connectivity index (χ3n) is 3.81. The molecule has 1 aliphatic rings. The van der Waals surface area contributed by atoms with Gasteiger partial charge in [0.15, 0.2) is 0 Å².